The van der Waals surface area contributed by atoms with E-state index in [1.54, 1.807) is 12.1 Å². The molecule has 0 fully saturated rings. The molecule has 0 aliphatic rings. The van der Waals surface area contributed by atoms with Crippen LogP contribution in [-0.2, 0) is 6.42 Å². The lowest BCUT2D eigenvalue weighted by molar-refractivity contribution is 0.0695. The van der Waals surface area contributed by atoms with Crippen LogP contribution < -0.4 is 0 Å². The predicted molar refractivity (Wildman–Crippen MR) is 55.2 cm³/mol. The van der Waals surface area contributed by atoms with Crippen molar-refractivity contribution in [1.29, 1.82) is 0 Å². The largest absolute Gasteiger partial charge is 0.478 e. The molecule has 0 aliphatic heterocycles. The van der Waals surface area contributed by atoms with Crippen molar-refractivity contribution in [1.82, 2.24) is 0 Å². The maximum Gasteiger partial charge on any atom is 0.335 e. The lowest BCUT2D eigenvalue weighted by Gasteiger charge is -2.08. The summed E-state index contributed by atoms with van der Waals surface area (Å²) < 4.78 is 0.967. The molecule has 0 saturated carbocycles. The molecule has 0 unspecified atom stereocenters. The van der Waals surface area contributed by atoms with Gasteiger partial charge in [0.2, 0.25) is 0 Å². The van der Waals surface area contributed by atoms with Gasteiger partial charge in [0.15, 0.2) is 0 Å². The van der Waals surface area contributed by atoms with Crippen molar-refractivity contribution >= 4 is 21.9 Å². The fourth-order valence-corrected chi connectivity index (χ4v) is 1.76. The Balaban J connectivity index is 3.38. The van der Waals surface area contributed by atoms with Crippen molar-refractivity contribution in [2.75, 3.05) is 0 Å². The van der Waals surface area contributed by atoms with Gasteiger partial charge in [-0.2, -0.15) is 0 Å². The van der Waals surface area contributed by atoms with Gasteiger partial charge >= 0.3 is 5.97 Å². The van der Waals surface area contributed by atoms with Crippen LogP contribution in [0.2, 0.25) is 0 Å². The SMILES string of the molecule is CCc1c(C(=O)O)ccc(Br)c1C. The molecule has 70 valence electrons. The molecule has 0 amide bonds. The molecule has 0 saturated heterocycles. The second-order valence-corrected chi connectivity index (χ2v) is 3.71. The molecule has 1 N–H and O–H groups in total. The summed E-state index contributed by atoms with van der Waals surface area (Å²) in [6, 6.07) is 3.41. The van der Waals surface area contributed by atoms with E-state index in [2.05, 4.69) is 15.9 Å². The summed E-state index contributed by atoms with van der Waals surface area (Å²) in [6.07, 6.45) is 0.743. The number of carboxylic acid groups (broad SMARTS) is 1. The second kappa shape index (κ2) is 3.92. The first-order chi connectivity index (χ1) is 6.07. The minimum Gasteiger partial charge on any atom is -0.478 e. The fraction of sp³-hybridized carbons (Fsp3) is 0.300. The van der Waals surface area contributed by atoms with E-state index in [1.807, 2.05) is 13.8 Å². The Morgan fingerprint density at radius 2 is 2.15 bits per heavy atom. The average molecular weight is 243 g/mol. The van der Waals surface area contributed by atoms with Gasteiger partial charge in [0, 0.05) is 4.47 Å². The molecule has 0 aliphatic carbocycles. The van der Waals surface area contributed by atoms with E-state index in [4.69, 9.17) is 5.11 Å². The summed E-state index contributed by atoms with van der Waals surface area (Å²) in [5.41, 5.74) is 2.33. The van der Waals surface area contributed by atoms with Gasteiger partial charge in [-0.1, -0.05) is 22.9 Å². The Labute approximate surface area is 85.7 Å². The maximum absolute atomic E-state index is 10.8. The summed E-state index contributed by atoms with van der Waals surface area (Å²) in [6.45, 7) is 3.89. The van der Waals surface area contributed by atoms with Crippen LogP contribution in [0.15, 0.2) is 16.6 Å². The minimum absolute atomic E-state index is 0.406. The van der Waals surface area contributed by atoms with E-state index < -0.39 is 5.97 Å². The van der Waals surface area contributed by atoms with Gasteiger partial charge in [-0.3, -0.25) is 0 Å². The smallest absolute Gasteiger partial charge is 0.335 e. The molecule has 0 atom stereocenters. The molecule has 3 heteroatoms. The number of carboxylic acids is 1. The van der Waals surface area contributed by atoms with Crippen LogP contribution in [0, 0.1) is 6.92 Å². The number of carbonyl (C=O) groups is 1. The van der Waals surface area contributed by atoms with Crippen LogP contribution in [0.3, 0.4) is 0 Å². The van der Waals surface area contributed by atoms with Crippen molar-refractivity contribution < 1.29 is 9.90 Å². The summed E-state index contributed by atoms with van der Waals surface area (Å²) in [4.78, 5) is 10.8. The summed E-state index contributed by atoms with van der Waals surface area (Å²) in [5.74, 6) is -0.854. The molecule has 13 heavy (non-hydrogen) atoms. The number of aromatic carboxylic acids is 1. The average Bonchev–Trinajstić information content (AvgIpc) is 2.09. The van der Waals surface area contributed by atoms with Gasteiger partial charge in [0.1, 0.15) is 0 Å². The lowest BCUT2D eigenvalue weighted by Crippen LogP contribution is -2.03. The van der Waals surface area contributed by atoms with Gasteiger partial charge in [-0.25, -0.2) is 4.79 Å². The summed E-state index contributed by atoms with van der Waals surface area (Å²) in [5, 5.41) is 8.90. The second-order valence-electron chi connectivity index (χ2n) is 2.86. The van der Waals surface area contributed by atoms with Gasteiger partial charge in [0.25, 0.3) is 0 Å². The predicted octanol–water partition coefficient (Wildman–Crippen LogP) is 3.02. The standard InChI is InChI=1S/C10H11BrO2/c1-3-7-6(2)9(11)5-4-8(7)10(12)13/h4-5H,3H2,1-2H3,(H,12,13). The zero-order chi connectivity index (χ0) is 10.0. The van der Waals surface area contributed by atoms with Crippen LogP contribution in [0.5, 0.6) is 0 Å². The van der Waals surface area contributed by atoms with E-state index in [0.717, 1.165) is 22.0 Å². The number of benzene rings is 1. The molecule has 0 aromatic heterocycles. The molecule has 0 heterocycles. The van der Waals surface area contributed by atoms with Crippen LogP contribution >= 0.6 is 15.9 Å². The van der Waals surface area contributed by atoms with Gasteiger partial charge in [-0.15, -0.1) is 0 Å². The van der Waals surface area contributed by atoms with Crippen LogP contribution in [0.4, 0.5) is 0 Å². The van der Waals surface area contributed by atoms with Gasteiger partial charge in [0.05, 0.1) is 5.56 Å². The van der Waals surface area contributed by atoms with Crippen LogP contribution in [-0.4, -0.2) is 11.1 Å². The number of hydrogen-bond acceptors (Lipinski definition) is 1. The van der Waals surface area contributed by atoms with Crippen molar-refractivity contribution in [3.63, 3.8) is 0 Å². The highest BCUT2D eigenvalue weighted by atomic mass is 79.9. The van der Waals surface area contributed by atoms with Crippen molar-refractivity contribution in [3.05, 3.63) is 33.3 Å². The molecule has 0 bridgehead atoms. The minimum atomic E-state index is -0.854. The topological polar surface area (TPSA) is 37.3 Å². The molecule has 0 spiro atoms. The maximum atomic E-state index is 10.8. The third-order valence-electron chi connectivity index (χ3n) is 2.12. The molecule has 0 radical (unpaired) electrons. The van der Waals surface area contributed by atoms with Crippen molar-refractivity contribution in [3.8, 4) is 0 Å². The number of hydrogen-bond donors (Lipinski definition) is 1. The Bertz CT molecular complexity index is 345. The summed E-state index contributed by atoms with van der Waals surface area (Å²) >= 11 is 3.38. The molecule has 2 nitrogen and oxygen atoms in total. The van der Waals surface area contributed by atoms with Crippen LogP contribution in [0.25, 0.3) is 0 Å². The zero-order valence-electron chi connectivity index (χ0n) is 7.60. The quantitative estimate of drug-likeness (QED) is 0.866. The van der Waals surface area contributed by atoms with E-state index in [9.17, 15) is 4.79 Å². The molecule has 1 aromatic rings. The van der Waals surface area contributed by atoms with E-state index in [-0.39, 0.29) is 0 Å². The van der Waals surface area contributed by atoms with Gasteiger partial charge in [-0.05, 0) is 36.6 Å². The molecular formula is C10H11BrO2. The van der Waals surface area contributed by atoms with E-state index in [0.29, 0.717) is 5.56 Å². The first-order valence-electron chi connectivity index (χ1n) is 4.09. The van der Waals surface area contributed by atoms with E-state index in [1.165, 1.54) is 0 Å². The van der Waals surface area contributed by atoms with Crippen LogP contribution in [0.1, 0.15) is 28.4 Å². The fourth-order valence-electron chi connectivity index (χ4n) is 1.38. The Kier molecular flexibility index (Phi) is 3.09. The van der Waals surface area contributed by atoms with Crippen molar-refractivity contribution in [2.24, 2.45) is 0 Å². The Hall–Kier alpha value is -0.830. The Morgan fingerprint density at radius 3 is 2.62 bits per heavy atom. The highest BCUT2D eigenvalue weighted by Crippen LogP contribution is 2.23. The number of rotatable bonds is 2. The highest BCUT2D eigenvalue weighted by molar-refractivity contribution is 9.10. The first-order valence-corrected chi connectivity index (χ1v) is 4.88. The van der Waals surface area contributed by atoms with E-state index >= 15 is 0 Å². The first kappa shape index (κ1) is 10.3. The highest BCUT2D eigenvalue weighted by Gasteiger charge is 2.11. The number of halogens is 1. The molecule has 1 aromatic carbocycles. The third kappa shape index (κ3) is 1.91. The monoisotopic (exact) mass is 242 g/mol. The Morgan fingerprint density at radius 1 is 1.54 bits per heavy atom. The third-order valence-corrected chi connectivity index (χ3v) is 2.98. The van der Waals surface area contributed by atoms with Crippen molar-refractivity contribution in [2.45, 2.75) is 20.3 Å². The summed E-state index contributed by atoms with van der Waals surface area (Å²) in [7, 11) is 0. The molecule has 1 rings (SSSR count). The lowest BCUT2D eigenvalue weighted by atomic mass is 10.00. The van der Waals surface area contributed by atoms with Gasteiger partial charge < -0.3 is 5.11 Å². The molecular weight excluding hydrogens is 232 g/mol. The normalized spacial score (nSPS) is 10.1. The zero-order valence-corrected chi connectivity index (χ0v) is 9.18.